The molecule has 1 N–H and O–H groups in total. The van der Waals surface area contributed by atoms with Crippen molar-refractivity contribution < 1.29 is 18.7 Å². The highest BCUT2D eigenvalue weighted by Crippen LogP contribution is 2.31. The number of hydrogen-bond donors (Lipinski definition) is 1. The second-order valence-corrected chi connectivity index (χ2v) is 6.91. The largest absolute Gasteiger partial charge is 0.497 e. The van der Waals surface area contributed by atoms with Crippen LogP contribution in [0.1, 0.15) is 47.6 Å². The number of benzene rings is 2. The fourth-order valence-electron chi connectivity index (χ4n) is 3.54. The standard InChI is InChI=1S/C22H25FN2O3/c1-28-19-12-8-16(9-13-19)20-5-3-2-4-14-25(20)21(26)15-24-22(27)17-6-10-18(23)11-7-17/h6-13,20H,2-5,14-15H2,1H3,(H,24,27)/t20-/m0/s1. The summed E-state index contributed by atoms with van der Waals surface area (Å²) in [5.74, 6) is -0.122. The minimum atomic E-state index is -0.403. The fourth-order valence-corrected chi connectivity index (χ4v) is 3.54. The number of likely N-dealkylation sites (tertiary alicyclic amines) is 1. The maximum absolute atomic E-state index is 13.0. The molecule has 3 rings (SSSR count). The molecule has 2 amide bonds. The minimum absolute atomic E-state index is 0.0105. The Labute approximate surface area is 164 Å². The van der Waals surface area contributed by atoms with Gasteiger partial charge in [-0.15, -0.1) is 0 Å². The van der Waals surface area contributed by atoms with Gasteiger partial charge < -0.3 is 15.0 Å². The lowest BCUT2D eigenvalue weighted by molar-refractivity contribution is -0.132. The fraction of sp³-hybridized carbons (Fsp3) is 0.364. The zero-order valence-corrected chi connectivity index (χ0v) is 16.0. The SMILES string of the molecule is COc1ccc([C@@H]2CCCCCN2C(=O)CNC(=O)c2ccc(F)cc2)cc1. The van der Waals surface area contributed by atoms with Gasteiger partial charge in [0.2, 0.25) is 5.91 Å². The number of halogens is 1. The highest BCUT2D eigenvalue weighted by molar-refractivity contribution is 5.96. The lowest BCUT2D eigenvalue weighted by Gasteiger charge is -2.30. The summed E-state index contributed by atoms with van der Waals surface area (Å²) in [5.41, 5.74) is 1.40. The summed E-state index contributed by atoms with van der Waals surface area (Å²) < 4.78 is 18.2. The van der Waals surface area contributed by atoms with Gasteiger partial charge in [-0.2, -0.15) is 0 Å². The lowest BCUT2D eigenvalue weighted by Crippen LogP contribution is -2.42. The highest BCUT2D eigenvalue weighted by atomic mass is 19.1. The first-order valence-corrected chi connectivity index (χ1v) is 9.55. The van der Waals surface area contributed by atoms with Gasteiger partial charge in [0.1, 0.15) is 11.6 Å². The van der Waals surface area contributed by atoms with Crippen LogP contribution < -0.4 is 10.1 Å². The average Bonchev–Trinajstić information content (AvgIpc) is 2.98. The average molecular weight is 384 g/mol. The molecule has 148 valence electrons. The van der Waals surface area contributed by atoms with E-state index in [2.05, 4.69) is 5.32 Å². The van der Waals surface area contributed by atoms with E-state index in [4.69, 9.17) is 4.74 Å². The highest BCUT2D eigenvalue weighted by Gasteiger charge is 2.27. The molecule has 0 saturated carbocycles. The molecule has 0 aromatic heterocycles. The van der Waals surface area contributed by atoms with Crippen molar-refractivity contribution in [2.75, 3.05) is 20.2 Å². The molecule has 0 spiro atoms. The summed E-state index contributed by atoms with van der Waals surface area (Å²) >= 11 is 0. The van der Waals surface area contributed by atoms with Crippen LogP contribution >= 0.6 is 0 Å². The molecular formula is C22H25FN2O3. The Morgan fingerprint density at radius 2 is 1.79 bits per heavy atom. The Morgan fingerprint density at radius 3 is 2.46 bits per heavy atom. The first-order chi connectivity index (χ1) is 13.6. The zero-order chi connectivity index (χ0) is 19.9. The first-order valence-electron chi connectivity index (χ1n) is 9.55. The van der Waals surface area contributed by atoms with Crippen molar-refractivity contribution >= 4 is 11.8 Å². The summed E-state index contributed by atoms with van der Waals surface area (Å²) in [6.07, 6.45) is 3.98. The third-order valence-electron chi connectivity index (χ3n) is 5.08. The van der Waals surface area contributed by atoms with Crippen molar-refractivity contribution in [1.82, 2.24) is 10.2 Å². The van der Waals surface area contributed by atoms with Crippen molar-refractivity contribution in [1.29, 1.82) is 0 Å². The third kappa shape index (κ3) is 4.88. The number of methoxy groups -OCH3 is 1. The van der Waals surface area contributed by atoms with E-state index >= 15 is 0 Å². The summed E-state index contributed by atoms with van der Waals surface area (Å²) in [4.78, 5) is 26.9. The molecular weight excluding hydrogens is 359 g/mol. The van der Waals surface area contributed by atoms with Crippen molar-refractivity contribution in [2.45, 2.75) is 31.7 Å². The van der Waals surface area contributed by atoms with E-state index in [1.807, 2.05) is 29.2 Å². The maximum Gasteiger partial charge on any atom is 0.251 e. The minimum Gasteiger partial charge on any atom is -0.497 e. The molecule has 1 heterocycles. The number of ether oxygens (including phenoxy) is 1. The van der Waals surface area contributed by atoms with E-state index in [9.17, 15) is 14.0 Å². The van der Waals surface area contributed by atoms with Gasteiger partial charge in [-0.1, -0.05) is 25.0 Å². The Hall–Kier alpha value is -2.89. The number of rotatable bonds is 5. The van der Waals surface area contributed by atoms with E-state index < -0.39 is 5.82 Å². The Morgan fingerprint density at radius 1 is 1.07 bits per heavy atom. The van der Waals surface area contributed by atoms with Gasteiger partial charge in [-0.25, -0.2) is 4.39 Å². The smallest absolute Gasteiger partial charge is 0.251 e. The first kappa shape index (κ1) is 19.9. The second kappa shape index (κ2) is 9.35. The van der Waals surface area contributed by atoms with Crippen LogP contribution in [0.2, 0.25) is 0 Å². The van der Waals surface area contributed by atoms with Crippen LogP contribution in [0.15, 0.2) is 48.5 Å². The van der Waals surface area contributed by atoms with Gasteiger partial charge in [0, 0.05) is 12.1 Å². The van der Waals surface area contributed by atoms with Crippen LogP contribution in [-0.2, 0) is 4.79 Å². The molecule has 1 aliphatic rings. The van der Waals surface area contributed by atoms with Crippen molar-refractivity contribution in [3.8, 4) is 5.75 Å². The number of hydrogen-bond acceptors (Lipinski definition) is 3. The van der Waals surface area contributed by atoms with Gasteiger partial charge in [0.25, 0.3) is 5.91 Å². The lowest BCUT2D eigenvalue weighted by atomic mass is 10.0. The van der Waals surface area contributed by atoms with E-state index in [1.54, 1.807) is 7.11 Å². The van der Waals surface area contributed by atoms with Crippen LogP contribution in [-0.4, -0.2) is 36.9 Å². The number of amides is 2. The molecule has 1 atom stereocenters. The monoisotopic (exact) mass is 384 g/mol. The van der Waals surface area contributed by atoms with Crippen molar-refractivity contribution in [2.24, 2.45) is 0 Å². The topological polar surface area (TPSA) is 58.6 Å². The van der Waals surface area contributed by atoms with Crippen LogP contribution in [0.3, 0.4) is 0 Å². The van der Waals surface area contributed by atoms with Crippen LogP contribution in [0.5, 0.6) is 5.75 Å². The molecule has 0 unspecified atom stereocenters. The molecule has 2 aromatic carbocycles. The molecule has 6 heteroatoms. The molecule has 5 nitrogen and oxygen atoms in total. The number of nitrogens with zero attached hydrogens (tertiary/aromatic N) is 1. The van der Waals surface area contributed by atoms with Gasteiger partial charge in [0.05, 0.1) is 19.7 Å². The molecule has 1 aliphatic heterocycles. The summed E-state index contributed by atoms with van der Waals surface area (Å²) in [7, 11) is 1.63. The van der Waals surface area contributed by atoms with Crippen LogP contribution in [0.25, 0.3) is 0 Å². The van der Waals surface area contributed by atoms with Gasteiger partial charge in [-0.3, -0.25) is 9.59 Å². The number of nitrogens with one attached hydrogen (secondary N) is 1. The molecule has 0 radical (unpaired) electrons. The summed E-state index contributed by atoms with van der Waals surface area (Å²) in [6.45, 7) is 0.588. The second-order valence-electron chi connectivity index (χ2n) is 6.91. The third-order valence-corrected chi connectivity index (χ3v) is 5.08. The summed E-state index contributed by atoms with van der Waals surface area (Å²) in [5, 5.41) is 2.65. The van der Waals surface area contributed by atoms with E-state index in [0.29, 0.717) is 12.1 Å². The van der Waals surface area contributed by atoms with Crippen LogP contribution in [0, 0.1) is 5.82 Å². The van der Waals surface area contributed by atoms with Crippen molar-refractivity contribution in [3.05, 3.63) is 65.5 Å². The molecule has 2 aromatic rings. The Kier molecular flexibility index (Phi) is 6.63. The summed E-state index contributed by atoms with van der Waals surface area (Å²) in [6, 6.07) is 13.0. The van der Waals surface area contributed by atoms with Gasteiger partial charge in [-0.05, 0) is 54.8 Å². The Balaban J connectivity index is 1.67. The number of carbonyl (C=O) groups is 2. The van der Waals surface area contributed by atoms with E-state index in [1.165, 1.54) is 24.3 Å². The molecule has 1 saturated heterocycles. The normalized spacial score (nSPS) is 16.9. The predicted octanol–water partition coefficient (Wildman–Crippen LogP) is 3.71. The maximum atomic E-state index is 13.0. The van der Waals surface area contributed by atoms with Gasteiger partial charge >= 0.3 is 0 Å². The Bertz CT molecular complexity index is 806. The zero-order valence-electron chi connectivity index (χ0n) is 16.0. The van der Waals surface area contributed by atoms with Crippen LogP contribution in [0.4, 0.5) is 4.39 Å². The van der Waals surface area contributed by atoms with Crippen molar-refractivity contribution in [3.63, 3.8) is 0 Å². The van der Waals surface area contributed by atoms with E-state index in [0.717, 1.165) is 37.0 Å². The van der Waals surface area contributed by atoms with Gasteiger partial charge in [0.15, 0.2) is 0 Å². The molecule has 1 fully saturated rings. The van der Waals surface area contributed by atoms with E-state index in [-0.39, 0.29) is 24.4 Å². The predicted molar refractivity (Wildman–Crippen MR) is 105 cm³/mol. The molecule has 0 aliphatic carbocycles. The molecule has 0 bridgehead atoms. The quantitative estimate of drug-likeness (QED) is 0.855. The molecule has 28 heavy (non-hydrogen) atoms. The number of carbonyl (C=O) groups excluding carboxylic acids is 2.